The molecule has 0 spiro atoms. The number of hydrogen-bond acceptors (Lipinski definition) is 7. The van der Waals surface area contributed by atoms with Crippen molar-refractivity contribution in [1.82, 2.24) is 10.6 Å². The van der Waals surface area contributed by atoms with Crippen molar-refractivity contribution in [1.29, 1.82) is 0 Å². The number of ether oxygens (including phenoxy) is 4. The largest absolute Gasteiger partial charge is 0.573 e. The number of amides is 2. The zero-order valence-corrected chi connectivity index (χ0v) is 22.8. The van der Waals surface area contributed by atoms with Crippen LogP contribution in [0, 0.1) is 0 Å². The standard InChI is InChI=1S/C30H29F3N2O7/c1-20(36)40-18-16-34-29(38)27(19-22-5-11-26(12-6-22)42-30(31,32)33)35-28(37)23-7-13-25(14-8-23)41-17-15-21-3-9-24(39-2)10-4-21/h3-14,19H,15-18H2,1-2H3,(H,34,38)(H,35,37)/b27-19-. The average molecular weight is 587 g/mol. The smallest absolute Gasteiger partial charge is 0.497 e. The third kappa shape index (κ3) is 10.9. The van der Waals surface area contributed by atoms with Crippen LogP contribution >= 0.6 is 0 Å². The van der Waals surface area contributed by atoms with E-state index in [2.05, 4.69) is 15.4 Å². The molecule has 3 aromatic rings. The third-order valence-electron chi connectivity index (χ3n) is 5.55. The summed E-state index contributed by atoms with van der Waals surface area (Å²) in [6, 6.07) is 18.6. The van der Waals surface area contributed by atoms with Gasteiger partial charge in [-0.1, -0.05) is 24.3 Å². The lowest BCUT2D eigenvalue weighted by Crippen LogP contribution is -2.36. The second kappa shape index (κ2) is 15.1. The van der Waals surface area contributed by atoms with Crippen molar-refractivity contribution >= 4 is 23.9 Å². The van der Waals surface area contributed by atoms with E-state index in [1.165, 1.54) is 37.3 Å². The summed E-state index contributed by atoms with van der Waals surface area (Å²) in [7, 11) is 1.60. The first kappa shape index (κ1) is 31.5. The molecular formula is C30H29F3N2O7. The summed E-state index contributed by atoms with van der Waals surface area (Å²) in [5, 5.41) is 5.03. The summed E-state index contributed by atoms with van der Waals surface area (Å²) >= 11 is 0. The minimum atomic E-state index is -4.85. The van der Waals surface area contributed by atoms with Crippen LogP contribution in [-0.2, 0) is 20.7 Å². The Hall–Kier alpha value is -5.00. The first-order valence-electron chi connectivity index (χ1n) is 12.7. The summed E-state index contributed by atoms with van der Waals surface area (Å²) in [4.78, 5) is 36.7. The summed E-state index contributed by atoms with van der Waals surface area (Å²) in [5.74, 6) is -0.979. The van der Waals surface area contributed by atoms with Crippen molar-refractivity contribution in [2.75, 3.05) is 26.9 Å². The molecule has 12 heteroatoms. The van der Waals surface area contributed by atoms with Crippen molar-refractivity contribution in [3.63, 3.8) is 0 Å². The SMILES string of the molecule is COc1ccc(CCOc2ccc(C(=O)N/C(=C\c3ccc(OC(F)(F)F)cc3)C(=O)NCCOC(C)=O)cc2)cc1. The van der Waals surface area contributed by atoms with E-state index in [4.69, 9.17) is 14.2 Å². The van der Waals surface area contributed by atoms with Gasteiger partial charge in [-0.15, -0.1) is 13.2 Å². The highest BCUT2D eigenvalue weighted by atomic mass is 19.4. The van der Waals surface area contributed by atoms with Gasteiger partial charge in [-0.2, -0.15) is 0 Å². The maximum atomic E-state index is 12.9. The zero-order chi connectivity index (χ0) is 30.5. The van der Waals surface area contributed by atoms with Crippen molar-refractivity contribution in [2.45, 2.75) is 19.7 Å². The van der Waals surface area contributed by atoms with Crippen LogP contribution in [0.3, 0.4) is 0 Å². The highest BCUT2D eigenvalue weighted by Crippen LogP contribution is 2.23. The predicted octanol–water partition coefficient (Wildman–Crippen LogP) is 4.67. The molecule has 42 heavy (non-hydrogen) atoms. The molecule has 0 bridgehead atoms. The number of rotatable bonds is 13. The second-order valence-electron chi connectivity index (χ2n) is 8.70. The molecule has 0 aliphatic rings. The van der Waals surface area contributed by atoms with Gasteiger partial charge in [0, 0.05) is 18.9 Å². The number of alkyl halides is 3. The molecule has 0 aromatic heterocycles. The fourth-order valence-corrected chi connectivity index (χ4v) is 3.52. The van der Waals surface area contributed by atoms with Gasteiger partial charge in [-0.05, 0) is 65.7 Å². The van der Waals surface area contributed by atoms with E-state index >= 15 is 0 Å². The van der Waals surface area contributed by atoms with Crippen LogP contribution in [-0.4, -0.2) is 51.0 Å². The first-order chi connectivity index (χ1) is 20.0. The van der Waals surface area contributed by atoms with Gasteiger partial charge in [0.05, 0.1) is 20.3 Å². The number of hydrogen-bond donors (Lipinski definition) is 2. The van der Waals surface area contributed by atoms with Gasteiger partial charge in [0.25, 0.3) is 11.8 Å². The van der Waals surface area contributed by atoms with Crippen molar-refractivity contribution < 1.29 is 46.5 Å². The van der Waals surface area contributed by atoms with Gasteiger partial charge < -0.3 is 29.6 Å². The molecule has 0 fully saturated rings. The fourth-order valence-electron chi connectivity index (χ4n) is 3.52. The Morgan fingerprint density at radius 3 is 2.05 bits per heavy atom. The molecule has 2 amide bonds. The van der Waals surface area contributed by atoms with E-state index in [1.807, 2.05) is 24.3 Å². The van der Waals surface area contributed by atoms with Crippen molar-refractivity contribution in [3.8, 4) is 17.2 Å². The minimum absolute atomic E-state index is 0.0352. The van der Waals surface area contributed by atoms with Crippen LogP contribution < -0.4 is 24.8 Å². The Morgan fingerprint density at radius 2 is 1.45 bits per heavy atom. The van der Waals surface area contributed by atoms with E-state index in [9.17, 15) is 27.6 Å². The molecule has 3 rings (SSSR count). The number of esters is 1. The number of nitrogens with one attached hydrogen (secondary N) is 2. The molecule has 0 saturated carbocycles. The Morgan fingerprint density at radius 1 is 0.833 bits per heavy atom. The van der Waals surface area contributed by atoms with Gasteiger partial charge in [0.1, 0.15) is 29.6 Å². The molecule has 222 valence electrons. The highest BCUT2D eigenvalue weighted by molar-refractivity contribution is 6.05. The third-order valence-corrected chi connectivity index (χ3v) is 5.55. The monoisotopic (exact) mass is 586 g/mol. The highest BCUT2D eigenvalue weighted by Gasteiger charge is 2.31. The van der Waals surface area contributed by atoms with E-state index in [0.717, 1.165) is 23.4 Å². The van der Waals surface area contributed by atoms with Gasteiger partial charge >= 0.3 is 12.3 Å². The topological polar surface area (TPSA) is 112 Å². The number of carbonyl (C=O) groups is 3. The Labute approximate surface area is 240 Å². The van der Waals surface area contributed by atoms with Crippen LogP contribution in [0.15, 0.2) is 78.5 Å². The molecule has 2 N–H and O–H groups in total. The van der Waals surface area contributed by atoms with Gasteiger partial charge in [-0.25, -0.2) is 0 Å². The normalized spacial score (nSPS) is 11.3. The summed E-state index contributed by atoms with van der Waals surface area (Å²) in [5.41, 5.74) is 1.42. The van der Waals surface area contributed by atoms with E-state index in [0.29, 0.717) is 24.3 Å². The van der Waals surface area contributed by atoms with Gasteiger partial charge in [-0.3, -0.25) is 14.4 Å². The van der Waals surface area contributed by atoms with Gasteiger partial charge in [0.15, 0.2) is 0 Å². The maximum Gasteiger partial charge on any atom is 0.573 e. The van der Waals surface area contributed by atoms with E-state index < -0.39 is 29.9 Å². The lowest BCUT2D eigenvalue weighted by molar-refractivity contribution is -0.274. The summed E-state index contributed by atoms with van der Waals surface area (Å²) in [6.45, 7) is 1.50. The van der Waals surface area contributed by atoms with Crippen LogP contribution in [0.2, 0.25) is 0 Å². The molecule has 0 aliphatic carbocycles. The molecular weight excluding hydrogens is 557 g/mol. The molecule has 0 saturated heterocycles. The summed E-state index contributed by atoms with van der Waals surface area (Å²) in [6.07, 6.45) is -2.90. The lowest BCUT2D eigenvalue weighted by Gasteiger charge is -2.12. The Bertz CT molecular complexity index is 1370. The number of methoxy groups -OCH3 is 1. The molecule has 0 atom stereocenters. The Balaban J connectivity index is 1.65. The molecule has 0 heterocycles. The predicted molar refractivity (Wildman–Crippen MR) is 147 cm³/mol. The lowest BCUT2D eigenvalue weighted by atomic mass is 10.1. The van der Waals surface area contributed by atoms with E-state index in [1.54, 1.807) is 19.2 Å². The van der Waals surface area contributed by atoms with Crippen LogP contribution in [0.4, 0.5) is 13.2 Å². The van der Waals surface area contributed by atoms with Crippen molar-refractivity contribution in [3.05, 3.63) is 95.2 Å². The average Bonchev–Trinajstić information content (AvgIpc) is 2.95. The Kier molecular flexibility index (Phi) is 11.4. The number of halogens is 3. The van der Waals surface area contributed by atoms with Gasteiger partial charge in [0.2, 0.25) is 0 Å². The molecule has 9 nitrogen and oxygen atoms in total. The van der Waals surface area contributed by atoms with Crippen LogP contribution in [0.5, 0.6) is 17.2 Å². The molecule has 0 aliphatic heterocycles. The quantitative estimate of drug-likeness (QED) is 0.170. The molecule has 3 aromatic carbocycles. The number of carbonyl (C=O) groups excluding carboxylic acids is 3. The first-order valence-corrected chi connectivity index (χ1v) is 12.7. The zero-order valence-electron chi connectivity index (χ0n) is 22.8. The minimum Gasteiger partial charge on any atom is -0.497 e. The molecule has 0 unspecified atom stereocenters. The van der Waals surface area contributed by atoms with Crippen molar-refractivity contribution in [2.24, 2.45) is 0 Å². The fraction of sp³-hybridized carbons (Fsp3) is 0.233. The maximum absolute atomic E-state index is 12.9. The summed E-state index contributed by atoms with van der Waals surface area (Å²) < 4.78 is 56.9. The van der Waals surface area contributed by atoms with E-state index in [-0.39, 0.29) is 24.4 Å². The van der Waals surface area contributed by atoms with Crippen LogP contribution in [0.1, 0.15) is 28.4 Å². The van der Waals surface area contributed by atoms with Crippen LogP contribution in [0.25, 0.3) is 6.08 Å². The second-order valence-corrected chi connectivity index (χ2v) is 8.70. The number of benzene rings is 3. The molecule has 0 radical (unpaired) electrons.